The topological polar surface area (TPSA) is 72.5 Å². The number of benzene rings is 3. The molecule has 5 nitrogen and oxygen atoms in total. The zero-order valence-corrected chi connectivity index (χ0v) is 15.9. The molecule has 0 spiro atoms. The Morgan fingerprint density at radius 1 is 0.900 bits per heavy atom. The Labute approximate surface area is 171 Å². The average Bonchev–Trinajstić information content (AvgIpc) is 2.72. The first-order chi connectivity index (χ1) is 14.3. The van der Waals surface area contributed by atoms with Crippen LogP contribution < -0.4 is 5.32 Å². The highest BCUT2D eigenvalue weighted by Crippen LogP contribution is 2.23. The quantitative estimate of drug-likeness (QED) is 0.473. The van der Waals surface area contributed by atoms with Crippen LogP contribution in [0, 0.1) is 11.6 Å². The van der Waals surface area contributed by atoms with Gasteiger partial charge >= 0.3 is 5.97 Å². The summed E-state index contributed by atoms with van der Waals surface area (Å²) >= 11 is 0. The van der Waals surface area contributed by atoms with Crippen LogP contribution in [0.2, 0.25) is 0 Å². The van der Waals surface area contributed by atoms with Gasteiger partial charge in [-0.1, -0.05) is 42.5 Å². The van der Waals surface area contributed by atoms with Crippen LogP contribution >= 0.6 is 0 Å². The fourth-order valence-electron chi connectivity index (χ4n) is 2.75. The molecule has 0 fully saturated rings. The number of hydrogen-bond donors (Lipinski definition) is 1. The molecule has 3 aromatic rings. The molecule has 1 N–H and O–H groups in total. The number of ether oxygens (including phenoxy) is 1. The van der Waals surface area contributed by atoms with Crippen molar-refractivity contribution in [2.24, 2.45) is 0 Å². The van der Waals surface area contributed by atoms with Gasteiger partial charge < -0.3 is 10.1 Å². The summed E-state index contributed by atoms with van der Waals surface area (Å²) in [6.45, 7) is 1.40. The summed E-state index contributed by atoms with van der Waals surface area (Å²) in [6, 6.07) is 16.9. The largest absolute Gasteiger partial charge is 0.444 e. The van der Waals surface area contributed by atoms with Gasteiger partial charge in [0.1, 0.15) is 11.6 Å². The predicted molar refractivity (Wildman–Crippen MR) is 106 cm³/mol. The van der Waals surface area contributed by atoms with Crippen molar-refractivity contribution in [3.05, 3.63) is 101 Å². The third-order valence-electron chi connectivity index (χ3n) is 4.25. The fraction of sp³-hybridized carbons (Fsp3) is 0.0870. The zero-order chi connectivity index (χ0) is 21.7. The van der Waals surface area contributed by atoms with Crippen LogP contribution in [0.3, 0.4) is 0 Å². The van der Waals surface area contributed by atoms with Crippen molar-refractivity contribution in [3.8, 4) is 0 Å². The number of amides is 1. The summed E-state index contributed by atoms with van der Waals surface area (Å²) in [5.74, 6) is -3.93. The molecule has 152 valence electrons. The maximum absolute atomic E-state index is 13.9. The zero-order valence-electron chi connectivity index (χ0n) is 15.9. The molecule has 3 rings (SSSR count). The number of halogens is 2. The van der Waals surface area contributed by atoms with E-state index in [0.717, 1.165) is 12.1 Å². The van der Waals surface area contributed by atoms with Gasteiger partial charge in [0.15, 0.2) is 5.78 Å². The lowest BCUT2D eigenvalue weighted by Crippen LogP contribution is -2.26. The van der Waals surface area contributed by atoms with Crippen molar-refractivity contribution in [2.75, 3.05) is 5.32 Å². The molecule has 1 amide bonds. The van der Waals surface area contributed by atoms with E-state index in [-0.39, 0.29) is 5.78 Å². The number of nitrogens with one attached hydrogen (secondary N) is 1. The Morgan fingerprint density at radius 3 is 2.30 bits per heavy atom. The Bertz CT molecular complexity index is 1100. The molecular formula is C23H17F2NO4. The minimum atomic E-state index is -1.40. The number of hydrogen-bond acceptors (Lipinski definition) is 4. The van der Waals surface area contributed by atoms with Gasteiger partial charge in [0.25, 0.3) is 5.91 Å². The van der Waals surface area contributed by atoms with Crippen LogP contribution in [-0.4, -0.2) is 17.7 Å². The number of Topliss-reactive ketones (excluding diaryl/α,β-unsaturated/α-hetero) is 1. The molecule has 0 unspecified atom stereocenters. The minimum Gasteiger partial charge on any atom is -0.444 e. The van der Waals surface area contributed by atoms with Gasteiger partial charge in [-0.3, -0.25) is 9.59 Å². The number of anilines is 1. The lowest BCUT2D eigenvalue weighted by atomic mass is 10.1. The van der Waals surface area contributed by atoms with Gasteiger partial charge in [0, 0.05) is 22.9 Å². The van der Waals surface area contributed by atoms with E-state index in [0.29, 0.717) is 22.9 Å². The van der Waals surface area contributed by atoms with E-state index in [2.05, 4.69) is 5.32 Å². The Morgan fingerprint density at radius 2 is 1.63 bits per heavy atom. The first-order valence-electron chi connectivity index (χ1n) is 8.98. The van der Waals surface area contributed by atoms with Gasteiger partial charge in [0.05, 0.1) is 5.56 Å². The molecule has 0 bridgehead atoms. The summed E-state index contributed by atoms with van der Waals surface area (Å²) in [6.07, 6.45) is -1.40. The summed E-state index contributed by atoms with van der Waals surface area (Å²) in [4.78, 5) is 36.9. The Hall–Kier alpha value is -3.87. The van der Waals surface area contributed by atoms with Crippen LogP contribution in [0.25, 0.3) is 0 Å². The molecule has 0 radical (unpaired) electrons. The van der Waals surface area contributed by atoms with E-state index < -0.39 is 35.2 Å². The Balaban J connectivity index is 1.87. The van der Waals surface area contributed by atoms with E-state index in [1.807, 2.05) is 0 Å². The summed E-state index contributed by atoms with van der Waals surface area (Å²) in [5, 5.41) is 2.59. The molecule has 3 aromatic carbocycles. The molecule has 0 aromatic heterocycles. The van der Waals surface area contributed by atoms with Crippen molar-refractivity contribution in [2.45, 2.75) is 13.0 Å². The van der Waals surface area contributed by atoms with Gasteiger partial charge in [-0.05, 0) is 31.2 Å². The van der Waals surface area contributed by atoms with E-state index in [1.165, 1.54) is 13.0 Å². The third-order valence-corrected chi connectivity index (χ3v) is 4.25. The maximum Gasteiger partial charge on any atom is 0.342 e. The highest BCUT2D eigenvalue weighted by atomic mass is 19.1. The van der Waals surface area contributed by atoms with E-state index in [1.54, 1.807) is 48.5 Å². The predicted octanol–water partition coefficient (Wildman–Crippen LogP) is 4.70. The summed E-state index contributed by atoms with van der Waals surface area (Å²) in [7, 11) is 0. The van der Waals surface area contributed by atoms with Gasteiger partial charge in [-0.15, -0.1) is 0 Å². The standard InChI is InChI=1S/C23H17F2NO4/c1-14(27)16-8-5-9-18(12-16)26-22(28)21(15-6-3-2-4-7-15)30-23(29)19-11-10-17(24)13-20(19)25/h2-13,21H,1H3,(H,26,28)/t21-/m1/s1. The minimum absolute atomic E-state index is 0.177. The second-order valence-corrected chi connectivity index (χ2v) is 6.45. The average molecular weight is 409 g/mol. The number of ketones is 1. The summed E-state index contributed by atoms with van der Waals surface area (Å²) in [5.41, 5.74) is 0.587. The highest BCUT2D eigenvalue weighted by Gasteiger charge is 2.27. The van der Waals surface area contributed by atoms with Crippen molar-refractivity contribution >= 4 is 23.3 Å². The van der Waals surface area contributed by atoms with Gasteiger partial charge in [-0.2, -0.15) is 0 Å². The molecular weight excluding hydrogens is 392 g/mol. The van der Waals surface area contributed by atoms with Crippen molar-refractivity contribution < 1.29 is 27.9 Å². The molecule has 30 heavy (non-hydrogen) atoms. The molecule has 0 heterocycles. The van der Waals surface area contributed by atoms with Crippen molar-refractivity contribution in [3.63, 3.8) is 0 Å². The number of carbonyl (C=O) groups is 3. The normalized spacial score (nSPS) is 11.4. The lowest BCUT2D eigenvalue weighted by Gasteiger charge is -2.18. The van der Waals surface area contributed by atoms with Crippen LogP contribution in [0.4, 0.5) is 14.5 Å². The maximum atomic E-state index is 13.9. The number of rotatable bonds is 6. The summed E-state index contributed by atoms with van der Waals surface area (Å²) < 4.78 is 32.3. The monoisotopic (exact) mass is 409 g/mol. The fourth-order valence-corrected chi connectivity index (χ4v) is 2.75. The van der Waals surface area contributed by atoms with E-state index in [4.69, 9.17) is 4.74 Å². The van der Waals surface area contributed by atoms with Crippen LogP contribution in [0.5, 0.6) is 0 Å². The van der Waals surface area contributed by atoms with Gasteiger partial charge in [0.2, 0.25) is 6.10 Å². The molecule has 0 aliphatic rings. The van der Waals surface area contributed by atoms with E-state index in [9.17, 15) is 23.2 Å². The third kappa shape index (κ3) is 4.94. The van der Waals surface area contributed by atoms with Crippen molar-refractivity contribution in [1.29, 1.82) is 0 Å². The van der Waals surface area contributed by atoms with Gasteiger partial charge in [-0.25, -0.2) is 13.6 Å². The molecule has 0 saturated carbocycles. The Kier molecular flexibility index (Phi) is 6.32. The van der Waals surface area contributed by atoms with Crippen LogP contribution in [0.1, 0.15) is 39.3 Å². The first-order valence-corrected chi connectivity index (χ1v) is 8.98. The first kappa shape index (κ1) is 20.9. The SMILES string of the molecule is CC(=O)c1cccc(NC(=O)[C@H](OC(=O)c2ccc(F)cc2F)c2ccccc2)c1. The molecule has 0 aliphatic carbocycles. The van der Waals surface area contributed by atoms with Crippen LogP contribution in [0.15, 0.2) is 72.8 Å². The molecule has 1 atom stereocenters. The second kappa shape index (κ2) is 9.09. The smallest absolute Gasteiger partial charge is 0.342 e. The van der Waals surface area contributed by atoms with E-state index >= 15 is 0 Å². The van der Waals surface area contributed by atoms with Crippen molar-refractivity contribution in [1.82, 2.24) is 0 Å². The lowest BCUT2D eigenvalue weighted by molar-refractivity contribution is -0.125. The molecule has 7 heteroatoms. The highest BCUT2D eigenvalue weighted by molar-refractivity contribution is 6.00. The molecule has 0 aliphatic heterocycles. The second-order valence-electron chi connectivity index (χ2n) is 6.45. The van der Waals surface area contributed by atoms with Crippen LogP contribution in [-0.2, 0) is 9.53 Å². The molecule has 0 saturated heterocycles. The number of carbonyl (C=O) groups excluding carboxylic acids is 3. The number of esters is 1.